The van der Waals surface area contributed by atoms with E-state index in [-0.39, 0.29) is 0 Å². The zero-order valence-corrected chi connectivity index (χ0v) is 13.5. The summed E-state index contributed by atoms with van der Waals surface area (Å²) in [5.41, 5.74) is 8.29. The van der Waals surface area contributed by atoms with E-state index in [0.717, 1.165) is 16.9 Å². The predicted molar refractivity (Wildman–Crippen MR) is 93.3 cm³/mol. The fraction of sp³-hybridized carbons (Fsp3) is 0.316. The monoisotopic (exact) mass is 309 g/mol. The summed E-state index contributed by atoms with van der Waals surface area (Å²) in [7, 11) is 2.01. The number of benzene rings is 2. The molecule has 1 aliphatic carbocycles. The van der Waals surface area contributed by atoms with Gasteiger partial charge < -0.3 is 15.4 Å². The molecule has 1 saturated carbocycles. The van der Waals surface area contributed by atoms with Crippen molar-refractivity contribution in [2.24, 2.45) is 10.7 Å². The summed E-state index contributed by atoms with van der Waals surface area (Å²) in [6.07, 6.45) is 2.44. The van der Waals surface area contributed by atoms with E-state index in [0.29, 0.717) is 25.2 Å². The molecule has 23 heavy (non-hydrogen) atoms. The van der Waals surface area contributed by atoms with Crippen molar-refractivity contribution in [1.82, 2.24) is 4.90 Å². The molecule has 0 aromatic heterocycles. The van der Waals surface area contributed by atoms with Crippen LogP contribution in [0.3, 0.4) is 0 Å². The molecule has 0 atom stereocenters. The number of hydrogen-bond donors (Lipinski definition) is 1. The second-order valence-corrected chi connectivity index (χ2v) is 5.93. The van der Waals surface area contributed by atoms with Crippen LogP contribution >= 0.6 is 0 Å². The van der Waals surface area contributed by atoms with Crippen molar-refractivity contribution in [3.8, 4) is 5.75 Å². The molecule has 2 aromatic rings. The lowest BCUT2D eigenvalue weighted by molar-refractivity contribution is 0.306. The molecule has 4 heteroatoms. The van der Waals surface area contributed by atoms with Crippen molar-refractivity contribution in [3.63, 3.8) is 0 Å². The molecule has 0 bridgehead atoms. The number of nitrogens with zero attached hydrogens (tertiary/aromatic N) is 2. The van der Waals surface area contributed by atoms with Gasteiger partial charge in [0.2, 0.25) is 0 Å². The van der Waals surface area contributed by atoms with Gasteiger partial charge >= 0.3 is 0 Å². The Morgan fingerprint density at radius 1 is 1.09 bits per heavy atom. The van der Waals surface area contributed by atoms with Gasteiger partial charge in [-0.1, -0.05) is 42.5 Å². The number of aliphatic imine (C=N–C) groups is 1. The van der Waals surface area contributed by atoms with E-state index in [1.165, 1.54) is 12.8 Å². The first-order chi connectivity index (χ1) is 11.2. The van der Waals surface area contributed by atoms with Gasteiger partial charge in [-0.3, -0.25) is 0 Å². The third-order valence-electron chi connectivity index (χ3n) is 4.05. The highest BCUT2D eigenvalue weighted by Crippen LogP contribution is 2.25. The van der Waals surface area contributed by atoms with Crippen LogP contribution in [0.4, 0.5) is 0 Å². The highest BCUT2D eigenvalue weighted by molar-refractivity contribution is 5.78. The van der Waals surface area contributed by atoms with E-state index in [2.05, 4.69) is 22.0 Å². The summed E-state index contributed by atoms with van der Waals surface area (Å²) in [6, 6.07) is 18.8. The van der Waals surface area contributed by atoms with Crippen LogP contribution in [0.5, 0.6) is 5.75 Å². The van der Waals surface area contributed by atoms with Gasteiger partial charge in [0.05, 0.1) is 6.54 Å². The minimum Gasteiger partial charge on any atom is -0.489 e. The van der Waals surface area contributed by atoms with Gasteiger partial charge in [-0.25, -0.2) is 4.99 Å². The van der Waals surface area contributed by atoms with Crippen molar-refractivity contribution < 1.29 is 4.74 Å². The Hall–Kier alpha value is -2.49. The number of rotatable bonds is 6. The zero-order chi connectivity index (χ0) is 16.1. The average molecular weight is 309 g/mol. The topological polar surface area (TPSA) is 50.8 Å². The molecule has 1 aliphatic rings. The SMILES string of the molecule is CN(C(N)=NCc1ccc(OCc2ccccc2)cc1)C1CC1. The van der Waals surface area contributed by atoms with Gasteiger partial charge in [0, 0.05) is 13.1 Å². The largest absolute Gasteiger partial charge is 0.489 e. The van der Waals surface area contributed by atoms with E-state index in [9.17, 15) is 0 Å². The summed E-state index contributed by atoms with van der Waals surface area (Å²) < 4.78 is 5.78. The van der Waals surface area contributed by atoms with E-state index in [1.54, 1.807) is 0 Å². The molecule has 120 valence electrons. The normalized spacial score (nSPS) is 14.6. The van der Waals surface area contributed by atoms with Gasteiger partial charge in [-0.05, 0) is 36.1 Å². The Labute approximate surface area is 137 Å². The van der Waals surface area contributed by atoms with Crippen LogP contribution in [0, 0.1) is 0 Å². The Morgan fingerprint density at radius 3 is 2.43 bits per heavy atom. The van der Waals surface area contributed by atoms with Crippen LogP contribution in [0.15, 0.2) is 59.6 Å². The van der Waals surface area contributed by atoms with Crippen LogP contribution in [0.25, 0.3) is 0 Å². The molecule has 0 amide bonds. The van der Waals surface area contributed by atoms with E-state index in [1.807, 2.05) is 49.5 Å². The summed E-state index contributed by atoms with van der Waals surface area (Å²) >= 11 is 0. The zero-order valence-electron chi connectivity index (χ0n) is 13.5. The maximum atomic E-state index is 6.00. The maximum Gasteiger partial charge on any atom is 0.191 e. The standard InChI is InChI=1S/C19H23N3O/c1-22(17-9-10-17)19(20)21-13-15-7-11-18(12-8-15)23-14-16-5-3-2-4-6-16/h2-8,11-12,17H,9-10,13-14H2,1H3,(H2,20,21). The Bertz CT molecular complexity index is 648. The first-order valence-electron chi connectivity index (χ1n) is 8.01. The highest BCUT2D eigenvalue weighted by atomic mass is 16.5. The van der Waals surface area contributed by atoms with Gasteiger partial charge in [0.1, 0.15) is 12.4 Å². The predicted octanol–water partition coefficient (Wildman–Crippen LogP) is 3.17. The van der Waals surface area contributed by atoms with Gasteiger partial charge in [0.25, 0.3) is 0 Å². The molecule has 0 radical (unpaired) electrons. The summed E-state index contributed by atoms with van der Waals surface area (Å²) in [5.74, 6) is 1.49. The molecule has 2 aromatic carbocycles. The Kier molecular flexibility index (Phi) is 4.81. The number of hydrogen-bond acceptors (Lipinski definition) is 2. The van der Waals surface area contributed by atoms with Crippen molar-refractivity contribution in [2.45, 2.75) is 32.0 Å². The van der Waals surface area contributed by atoms with Crippen LogP contribution in [-0.2, 0) is 13.2 Å². The van der Waals surface area contributed by atoms with Crippen molar-refractivity contribution in [1.29, 1.82) is 0 Å². The second kappa shape index (κ2) is 7.18. The molecule has 0 spiro atoms. The average Bonchev–Trinajstić information content (AvgIpc) is 3.44. The minimum atomic E-state index is 0.581. The summed E-state index contributed by atoms with van der Waals surface area (Å²) in [6.45, 7) is 1.18. The number of guanidine groups is 1. The fourth-order valence-electron chi connectivity index (χ4n) is 2.36. The highest BCUT2D eigenvalue weighted by Gasteiger charge is 2.27. The Morgan fingerprint density at radius 2 is 1.78 bits per heavy atom. The molecule has 4 nitrogen and oxygen atoms in total. The molecule has 3 rings (SSSR count). The van der Waals surface area contributed by atoms with E-state index < -0.39 is 0 Å². The van der Waals surface area contributed by atoms with Crippen LogP contribution in [0.2, 0.25) is 0 Å². The molecular formula is C19H23N3O. The molecule has 0 saturated heterocycles. The van der Waals surface area contributed by atoms with Crippen LogP contribution in [-0.4, -0.2) is 23.9 Å². The molecule has 0 heterocycles. The number of ether oxygens (including phenoxy) is 1. The third kappa shape index (κ3) is 4.49. The van der Waals surface area contributed by atoms with Crippen molar-refractivity contribution >= 4 is 5.96 Å². The maximum absolute atomic E-state index is 6.00. The number of nitrogens with two attached hydrogens (primary N) is 1. The molecule has 0 aliphatic heterocycles. The summed E-state index contributed by atoms with van der Waals surface area (Å²) in [5, 5.41) is 0. The van der Waals surface area contributed by atoms with Crippen LogP contribution in [0.1, 0.15) is 24.0 Å². The Balaban J connectivity index is 1.51. The minimum absolute atomic E-state index is 0.581. The lowest BCUT2D eigenvalue weighted by Crippen LogP contribution is -2.35. The van der Waals surface area contributed by atoms with Gasteiger partial charge in [-0.15, -0.1) is 0 Å². The molecule has 0 unspecified atom stereocenters. The second-order valence-electron chi connectivity index (χ2n) is 5.93. The molecule has 1 fully saturated rings. The smallest absolute Gasteiger partial charge is 0.191 e. The van der Waals surface area contributed by atoms with E-state index >= 15 is 0 Å². The summed E-state index contributed by atoms with van der Waals surface area (Å²) in [4.78, 5) is 6.53. The van der Waals surface area contributed by atoms with Crippen molar-refractivity contribution in [3.05, 3.63) is 65.7 Å². The van der Waals surface area contributed by atoms with Crippen molar-refractivity contribution in [2.75, 3.05) is 7.05 Å². The first kappa shape index (κ1) is 15.4. The molecular weight excluding hydrogens is 286 g/mol. The lowest BCUT2D eigenvalue weighted by atomic mass is 10.2. The van der Waals surface area contributed by atoms with Gasteiger partial charge in [0.15, 0.2) is 5.96 Å². The van der Waals surface area contributed by atoms with E-state index in [4.69, 9.17) is 10.5 Å². The fourth-order valence-corrected chi connectivity index (χ4v) is 2.36. The van der Waals surface area contributed by atoms with Crippen LogP contribution < -0.4 is 10.5 Å². The first-order valence-corrected chi connectivity index (χ1v) is 8.01. The van der Waals surface area contributed by atoms with Gasteiger partial charge in [-0.2, -0.15) is 0 Å². The third-order valence-corrected chi connectivity index (χ3v) is 4.05. The lowest BCUT2D eigenvalue weighted by Gasteiger charge is -2.16. The molecule has 2 N–H and O–H groups in total. The quantitative estimate of drug-likeness (QED) is 0.658.